The Morgan fingerprint density at radius 1 is 0.907 bits per heavy atom. The minimum absolute atomic E-state index is 0.0560. The molecule has 2 atom stereocenters. The molecule has 4 N–H and O–H groups in total. The monoisotopic (exact) mass is 594 g/mol. The molecule has 1 fully saturated rings. The van der Waals surface area contributed by atoms with Gasteiger partial charge in [0.05, 0.1) is 6.54 Å². The molecule has 1 saturated carbocycles. The lowest BCUT2D eigenvalue weighted by molar-refractivity contribution is -0.128. The average Bonchev–Trinajstić information content (AvgIpc) is 3.80. The number of rotatable bonds is 3. The van der Waals surface area contributed by atoms with Gasteiger partial charge in [-0.25, -0.2) is 4.39 Å². The molecule has 0 saturated heterocycles. The quantitative estimate of drug-likeness (QED) is 0.333. The van der Waals surface area contributed by atoms with Crippen molar-refractivity contribution in [2.45, 2.75) is 104 Å². The van der Waals surface area contributed by atoms with Gasteiger partial charge in [-0.3, -0.25) is 9.59 Å². The normalized spacial score (nSPS) is 21.2. The number of benzene rings is 2. The fraction of sp³-hybridized carbons (Fsp3) is 0.556. The highest BCUT2D eigenvalue weighted by Gasteiger charge is 2.30. The number of amides is 2. The first-order valence-electron chi connectivity index (χ1n) is 16.3. The molecule has 2 unspecified atom stereocenters. The average molecular weight is 595 g/mol. The van der Waals surface area contributed by atoms with Gasteiger partial charge in [0, 0.05) is 24.8 Å². The Kier molecular flexibility index (Phi) is 17.3. The molecular weight excluding hydrogens is 539 g/mol. The summed E-state index contributed by atoms with van der Waals surface area (Å²) in [5.41, 5.74) is 4.75. The number of allylic oxidation sites excluding steroid dienone is 1. The zero-order chi connectivity index (χ0) is 31.5. The van der Waals surface area contributed by atoms with Gasteiger partial charge in [0.25, 0.3) is 0 Å². The second kappa shape index (κ2) is 20.7. The van der Waals surface area contributed by atoms with Crippen LogP contribution in [0.5, 0.6) is 0 Å². The second-order valence-corrected chi connectivity index (χ2v) is 11.8. The summed E-state index contributed by atoms with van der Waals surface area (Å²) in [5.74, 6) is 0.213. The molecule has 0 spiro atoms. The van der Waals surface area contributed by atoms with E-state index in [1.807, 2.05) is 13.0 Å². The summed E-state index contributed by atoms with van der Waals surface area (Å²) in [5, 5.41) is 12.9. The van der Waals surface area contributed by atoms with Gasteiger partial charge >= 0.3 is 0 Å². The van der Waals surface area contributed by atoms with Gasteiger partial charge in [0.1, 0.15) is 11.9 Å². The van der Waals surface area contributed by atoms with Crippen LogP contribution in [0, 0.1) is 18.7 Å². The number of aryl methyl sites for hydroxylation is 3. The van der Waals surface area contributed by atoms with E-state index in [1.165, 1.54) is 29.7 Å². The van der Waals surface area contributed by atoms with E-state index in [-0.39, 0.29) is 24.2 Å². The number of hydrogen-bond donors (Lipinski definition) is 4. The molecule has 0 radical (unpaired) electrons. The standard InChI is InChI=1S/C26H40N4O2.C7H7F.C3H8/c1-3-7-23-17-28-19(2)11-14-22-9-5-4-8-21(22)10-6-15-27-26(32)24(16-20-12-13-20)30-25(31)18-29-23;1-6-3-2-4-7(8)5-6;1-3-2/h4-5,7-9,19-20,24,28-29H,3,6,10-18H2,1-2H3,(H,27,32)(H,30,31);2-5H,1H3;3H2,1-2H3/b23-7-;;. The molecule has 7 heteroatoms. The summed E-state index contributed by atoms with van der Waals surface area (Å²) in [6.45, 7) is 11.9. The van der Waals surface area contributed by atoms with Gasteiger partial charge in [0.15, 0.2) is 0 Å². The maximum Gasteiger partial charge on any atom is 0.242 e. The summed E-state index contributed by atoms with van der Waals surface area (Å²) in [4.78, 5) is 25.4. The molecule has 2 amide bonds. The molecule has 1 aliphatic heterocycles. The third-order valence-electron chi connectivity index (χ3n) is 7.35. The van der Waals surface area contributed by atoms with Crippen LogP contribution in [0.3, 0.4) is 0 Å². The summed E-state index contributed by atoms with van der Waals surface area (Å²) in [6.07, 6.45) is 11.2. The molecule has 2 aromatic rings. The van der Waals surface area contributed by atoms with E-state index in [4.69, 9.17) is 0 Å². The van der Waals surface area contributed by atoms with Crippen molar-refractivity contribution >= 4 is 11.8 Å². The predicted octanol–water partition coefficient (Wildman–Crippen LogP) is 6.38. The van der Waals surface area contributed by atoms with Crippen LogP contribution in [0.15, 0.2) is 60.3 Å². The van der Waals surface area contributed by atoms with Crippen LogP contribution in [-0.4, -0.2) is 43.5 Å². The molecule has 0 aromatic heterocycles. The Bertz CT molecular complexity index is 1110. The molecule has 1 aliphatic carbocycles. The zero-order valence-electron chi connectivity index (χ0n) is 27.1. The number of carbonyl (C=O) groups excluding carboxylic acids is 2. The number of carbonyl (C=O) groups is 2. The first kappa shape index (κ1) is 36.0. The lowest BCUT2D eigenvalue weighted by Crippen LogP contribution is -2.49. The number of nitrogens with one attached hydrogen (secondary N) is 4. The minimum atomic E-state index is -0.445. The minimum Gasteiger partial charge on any atom is -0.379 e. The van der Waals surface area contributed by atoms with Gasteiger partial charge in [0.2, 0.25) is 11.8 Å². The maximum absolute atomic E-state index is 12.8. The van der Waals surface area contributed by atoms with Gasteiger partial charge < -0.3 is 21.3 Å². The molecule has 238 valence electrons. The van der Waals surface area contributed by atoms with Crippen molar-refractivity contribution in [2.75, 3.05) is 19.6 Å². The van der Waals surface area contributed by atoms with Crippen LogP contribution in [0.25, 0.3) is 0 Å². The van der Waals surface area contributed by atoms with Gasteiger partial charge in [-0.1, -0.05) is 82.5 Å². The van der Waals surface area contributed by atoms with Crippen molar-refractivity contribution in [3.8, 4) is 0 Å². The van der Waals surface area contributed by atoms with Crippen LogP contribution >= 0.6 is 0 Å². The third-order valence-corrected chi connectivity index (χ3v) is 7.35. The molecule has 43 heavy (non-hydrogen) atoms. The Hall–Kier alpha value is -3.19. The van der Waals surface area contributed by atoms with E-state index in [2.05, 4.69) is 79.3 Å². The van der Waals surface area contributed by atoms with Crippen LogP contribution in [0.2, 0.25) is 0 Å². The number of fused-ring (bicyclic) bond motifs is 1. The lowest BCUT2D eigenvalue weighted by atomic mass is 9.97. The van der Waals surface area contributed by atoms with Crippen molar-refractivity contribution in [1.29, 1.82) is 0 Å². The van der Waals surface area contributed by atoms with Crippen molar-refractivity contribution in [2.24, 2.45) is 5.92 Å². The third kappa shape index (κ3) is 15.7. The summed E-state index contributed by atoms with van der Waals surface area (Å²) >= 11 is 0. The number of halogens is 1. The first-order valence-corrected chi connectivity index (χ1v) is 16.3. The Labute approximate surface area is 259 Å². The lowest BCUT2D eigenvalue weighted by Gasteiger charge is -2.21. The largest absolute Gasteiger partial charge is 0.379 e. The number of hydrogen-bond acceptors (Lipinski definition) is 4. The predicted molar refractivity (Wildman–Crippen MR) is 176 cm³/mol. The first-order chi connectivity index (χ1) is 20.7. The Morgan fingerprint density at radius 2 is 1.60 bits per heavy atom. The topological polar surface area (TPSA) is 82.3 Å². The molecule has 0 bridgehead atoms. The molecular formula is C36H55FN4O2. The van der Waals surface area contributed by atoms with Crippen molar-refractivity contribution in [1.82, 2.24) is 21.3 Å². The zero-order valence-corrected chi connectivity index (χ0v) is 27.1. The van der Waals surface area contributed by atoms with E-state index in [9.17, 15) is 14.0 Å². The van der Waals surface area contributed by atoms with Crippen LogP contribution in [-0.2, 0) is 22.4 Å². The SMILES string of the molecule is CC/C=C1/CNC(C)CCc2ccccc2CCCNC(=O)C(CC2CC2)NC(=O)CN1.CCC.Cc1cccc(F)c1. The van der Waals surface area contributed by atoms with Crippen LogP contribution in [0.1, 0.15) is 89.3 Å². The molecule has 2 aromatic carbocycles. The fourth-order valence-electron chi connectivity index (χ4n) is 4.83. The van der Waals surface area contributed by atoms with Crippen LogP contribution in [0.4, 0.5) is 4.39 Å². The Balaban J connectivity index is 0.000000494. The summed E-state index contributed by atoms with van der Waals surface area (Å²) in [7, 11) is 0. The highest BCUT2D eigenvalue weighted by Crippen LogP contribution is 2.33. The van der Waals surface area contributed by atoms with E-state index >= 15 is 0 Å². The van der Waals surface area contributed by atoms with Gasteiger partial charge in [-0.05, 0) is 87.1 Å². The van der Waals surface area contributed by atoms with Gasteiger partial charge in [-0.2, -0.15) is 0 Å². The van der Waals surface area contributed by atoms with E-state index in [1.54, 1.807) is 6.07 Å². The van der Waals surface area contributed by atoms with Crippen molar-refractivity contribution in [3.63, 3.8) is 0 Å². The smallest absolute Gasteiger partial charge is 0.242 e. The summed E-state index contributed by atoms with van der Waals surface area (Å²) in [6, 6.07) is 15.1. The van der Waals surface area contributed by atoms with Gasteiger partial charge in [-0.15, -0.1) is 0 Å². The van der Waals surface area contributed by atoms with E-state index in [0.717, 1.165) is 62.6 Å². The highest BCUT2D eigenvalue weighted by molar-refractivity contribution is 5.88. The second-order valence-electron chi connectivity index (χ2n) is 11.8. The maximum atomic E-state index is 12.8. The summed E-state index contributed by atoms with van der Waals surface area (Å²) < 4.78 is 12.2. The molecule has 1 heterocycles. The van der Waals surface area contributed by atoms with Crippen LogP contribution < -0.4 is 21.3 Å². The van der Waals surface area contributed by atoms with Crippen molar-refractivity contribution < 1.29 is 14.0 Å². The fourth-order valence-corrected chi connectivity index (χ4v) is 4.83. The molecule has 2 aliphatic rings. The van der Waals surface area contributed by atoms with E-state index < -0.39 is 6.04 Å². The molecule has 4 rings (SSSR count). The van der Waals surface area contributed by atoms with E-state index in [0.29, 0.717) is 25.0 Å². The van der Waals surface area contributed by atoms with Crippen molar-refractivity contribution in [3.05, 3.63) is 82.8 Å². The highest BCUT2D eigenvalue weighted by atomic mass is 19.1. The molecule has 6 nitrogen and oxygen atoms in total. The Morgan fingerprint density at radius 3 is 2.21 bits per heavy atom.